The minimum absolute atomic E-state index is 0.0265. The van der Waals surface area contributed by atoms with Crippen LogP contribution in [0.2, 0.25) is 5.02 Å². The summed E-state index contributed by atoms with van der Waals surface area (Å²) in [4.78, 5) is 0. The van der Waals surface area contributed by atoms with Crippen molar-refractivity contribution < 1.29 is 19.0 Å². The lowest BCUT2D eigenvalue weighted by Crippen LogP contribution is -2.21. The van der Waals surface area contributed by atoms with Crippen LogP contribution in [0.25, 0.3) is 0 Å². The molecular formula is C23H22BrClFNO3. The first-order valence-corrected chi connectivity index (χ1v) is 10.5. The lowest BCUT2D eigenvalue weighted by atomic mass is 10.1. The fourth-order valence-electron chi connectivity index (χ4n) is 2.98. The zero-order chi connectivity index (χ0) is 21.5. The Morgan fingerprint density at radius 2 is 1.90 bits per heavy atom. The molecule has 2 N–H and O–H groups in total. The molecule has 0 saturated heterocycles. The quantitative estimate of drug-likeness (QED) is 0.403. The van der Waals surface area contributed by atoms with Crippen molar-refractivity contribution in [3.05, 3.63) is 92.7 Å². The topological polar surface area (TPSA) is 50.7 Å². The number of ether oxygens (including phenoxy) is 2. The summed E-state index contributed by atoms with van der Waals surface area (Å²) in [6.07, 6.45) is -0.593. The van der Waals surface area contributed by atoms with Crippen molar-refractivity contribution in [1.29, 1.82) is 0 Å². The number of aliphatic hydroxyl groups is 1. The van der Waals surface area contributed by atoms with Crippen LogP contribution in [0.3, 0.4) is 0 Å². The number of aliphatic hydroxyl groups excluding tert-OH is 1. The number of methoxy groups -OCH3 is 1. The number of rotatable bonds is 9. The Labute approximate surface area is 188 Å². The molecule has 1 atom stereocenters. The largest absolute Gasteiger partial charge is 0.493 e. The average molecular weight is 495 g/mol. The Hall–Kier alpha value is -2.12. The molecule has 0 heterocycles. The Morgan fingerprint density at radius 3 is 2.60 bits per heavy atom. The second-order valence-corrected chi connectivity index (χ2v) is 7.92. The first-order valence-electron chi connectivity index (χ1n) is 9.35. The Kier molecular flexibility index (Phi) is 8.10. The van der Waals surface area contributed by atoms with Crippen molar-refractivity contribution in [3.8, 4) is 11.5 Å². The maximum absolute atomic E-state index is 14.0. The standard InChI is InChI=1S/C23H22BrClFNO3/c1-29-22-11-15(12-27-13-21(28)16-6-3-2-4-7-16)10-18(24)23(22)30-14-17-19(25)8-5-9-20(17)26/h2-11,21,27-28H,12-14H2,1H3. The molecule has 0 aliphatic rings. The highest BCUT2D eigenvalue weighted by Gasteiger charge is 2.15. The van der Waals surface area contributed by atoms with Crippen LogP contribution in [0.1, 0.15) is 22.8 Å². The van der Waals surface area contributed by atoms with Gasteiger partial charge in [0, 0.05) is 18.7 Å². The molecule has 30 heavy (non-hydrogen) atoms. The molecule has 0 aliphatic heterocycles. The molecule has 3 aromatic carbocycles. The molecule has 3 aromatic rings. The van der Waals surface area contributed by atoms with Crippen LogP contribution in [0.15, 0.2) is 65.1 Å². The summed E-state index contributed by atoms with van der Waals surface area (Å²) in [6, 6.07) is 17.7. The third-order valence-corrected chi connectivity index (χ3v) is 5.51. The van der Waals surface area contributed by atoms with E-state index in [2.05, 4.69) is 21.2 Å². The van der Waals surface area contributed by atoms with E-state index in [0.29, 0.717) is 34.1 Å². The molecule has 0 bridgehead atoms. The summed E-state index contributed by atoms with van der Waals surface area (Å²) in [5.41, 5.74) is 2.09. The zero-order valence-electron chi connectivity index (χ0n) is 16.4. The van der Waals surface area contributed by atoms with Crippen molar-refractivity contribution in [2.45, 2.75) is 19.3 Å². The first kappa shape index (κ1) is 22.6. The van der Waals surface area contributed by atoms with Crippen LogP contribution in [0.5, 0.6) is 11.5 Å². The second kappa shape index (κ2) is 10.8. The third-order valence-electron chi connectivity index (χ3n) is 4.56. The lowest BCUT2D eigenvalue weighted by molar-refractivity contribution is 0.174. The van der Waals surface area contributed by atoms with Gasteiger partial charge in [0.2, 0.25) is 0 Å². The molecule has 158 valence electrons. The number of benzene rings is 3. The van der Waals surface area contributed by atoms with Crippen molar-refractivity contribution in [2.24, 2.45) is 0 Å². The molecule has 0 amide bonds. The maximum atomic E-state index is 14.0. The van der Waals surface area contributed by atoms with E-state index in [1.807, 2.05) is 42.5 Å². The summed E-state index contributed by atoms with van der Waals surface area (Å²) >= 11 is 9.57. The minimum atomic E-state index is -0.593. The van der Waals surface area contributed by atoms with Gasteiger partial charge in [-0.2, -0.15) is 0 Å². The van der Waals surface area contributed by atoms with Gasteiger partial charge in [-0.25, -0.2) is 4.39 Å². The molecule has 7 heteroatoms. The average Bonchev–Trinajstić information content (AvgIpc) is 2.74. The van der Waals surface area contributed by atoms with Gasteiger partial charge in [-0.3, -0.25) is 0 Å². The van der Waals surface area contributed by atoms with Gasteiger partial charge in [0.25, 0.3) is 0 Å². The smallest absolute Gasteiger partial charge is 0.175 e. The van der Waals surface area contributed by atoms with Gasteiger partial charge in [-0.15, -0.1) is 0 Å². The van der Waals surface area contributed by atoms with Crippen molar-refractivity contribution in [3.63, 3.8) is 0 Å². The molecule has 3 rings (SSSR count). The van der Waals surface area contributed by atoms with Crippen LogP contribution < -0.4 is 14.8 Å². The second-order valence-electron chi connectivity index (χ2n) is 6.66. The van der Waals surface area contributed by atoms with Gasteiger partial charge in [-0.05, 0) is 51.3 Å². The van der Waals surface area contributed by atoms with Crippen LogP contribution in [-0.4, -0.2) is 18.8 Å². The van der Waals surface area contributed by atoms with E-state index in [-0.39, 0.29) is 12.2 Å². The SMILES string of the molecule is COc1cc(CNCC(O)c2ccccc2)cc(Br)c1OCc1c(F)cccc1Cl. The van der Waals surface area contributed by atoms with Crippen molar-refractivity contribution in [2.75, 3.05) is 13.7 Å². The van der Waals surface area contributed by atoms with Crippen molar-refractivity contribution in [1.82, 2.24) is 5.32 Å². The molecule has 4 nitrogen and oxygen atoms in total. The fourth-order valence-corrected chi connectivity index (χ4v) is 3.80. The number of nitrogens with one attached hydrogen (secondary N) is 1. The summed E-state index contributed by atoms with van der Waals surface area (Å²) in [6.45, 7) is 0.910. The van der Waals surface area contributed by atoms with Crippen LogP contribution in [0, 0.1) is 5.82 Å². The number of hydrogen-bond acceptors (Lipinski definition) is 4. The van der Waals surface area contributed by atoms with Gasteiger partial charge in [0.05, 0.1) is 22.7 Å². The van der Waals surface area contributed by atoms with E-state index in [0.717, 1.165) is 11.1 Å². The number of hydrogen-bond donors (Lipinski definition) is 2. The monoisotopic (exact) mass is 493 g/mol. The maximum Gasteiger partial charge on any atom is 0.175 e. The van der Waals surface area contributed by atoms with Gasteiger partial charge in [0.1, 0.15) is 12.4 Å². The van der Waals surface area contributed by atoms with E-state index in [4.69, 9.17) is 21.1 Å². The predicted octanol–water partition coefficient (Wildman–Crippen LogP) is 5.65. The normalized spacial score (nSPS) is 11.9. The summed E-state index contributed by atoms with van der Waals surface area (Å²) < 4.78 is 25.9. The molecule has 0 fully saturated rings. The van der Waals surface area contributed by atoms with Crippen LogP contribution in [-0.2, 0) is 13.2 Å². The molecule has 0 aliphatic carbocycles. The summed E-state index contributed by atoms with van der Waals surface area (Å²) in [5, 5.41) is 13.8. The van der Waals surface area contributed by atoms with Gasteiger partial charge >= 0.3 is 0 Å². The van der Waals surface area contributed by atoms with E-state index in [9.17, 15) is 9.50 Å². The Morgan fingerprint density at radius 1 is 1.13 bits per heavy atom. The lowest BCUT2D eigenvalue weighted by Gasteiger charge is -2.16. The molecular weight excluding hydrogens is 473 g/mol. The fraction of sp³-hybridized carbons (Fsp3) is 0.217. The van der Waals surface area contributed by atoms with E-state index in [1.165, 1.54) is 6.07 Å². The van der Waals surface area contributed by atoms with Gasteiger partial charge in [-0.1, -0.05) is 48.0 Å². The van der Waals surface area contributed by atoms with Crippen LogP contribution >= 0.6 is 27.5 Å². The molecule has 1 unspecified atom stereocenters. The number of halogens is 3. The highest BCUT2D eigenvalue weighted by atomic mass is 79.9. The minimum Gasteiger partial charge on any atom is -0.493 e. The molecule has 0 saturated carbocycles. The van der Waals surface area contributed by atoms with E-state index >= 15 is 0 Å². The highest BCUT2D eigenvalue weighted by molar-refractivity contribution is 9.10. The van der Waals surface area contributed by atoms with Gasteiger partial charge < -0.3 is 19.9 Å². The summed E-state index contributed by atoms with van der Waals surface area (Å²) in [7, 11) is 1.54. The molecule has 0 aromatic heterocycles. The third kappa shape index (κ3) is 5.73. The van der Waals surface area contributed by atoms with Crippen molar-refractivity contribution >= 4 is 27.5 Å². The highest BCUT2D eigenvalue weighted by Crippen LogP contribution is 2.37. The Bertz CT molecular complexity index is 967. The van der Waals surface area contributed by atoms with Gasteiger partial charge in [0.15, 0.2) is 11.5 Å². The zero-order valence-corrected chi connectivity index (χ0v) is 18.7. The van der Waals surface area contributed by atoms with Crippen LogP contribution in [0.4, 0.5) is 4.39 Å². The summed E-state index contributed by atoms with van der Waals surface area (Å²) in [5.74, 6) is 0.553. The molecule has 0 radical (unpaired) electrons. The predicted molar refractivity (Wildman–Crippen MR) is 120 cm³/mol. The first-order chi connectivity index (χ1) is 14.5. The molecule has 0 spiro atoms. The Balaban J connectivity index is 1.65. The van der Waals surface area contributed by atoms with E-state index < -0.39 is 11.9 Å². The van der Waals surface area contributed by atoms with E-state index in [1.54, 1.807) is 19.2 Å².